The lowest BCUT2D eigenvalue weighted by Gasteiger charge is -2.36. The summed E-state index contributed by atoms with van der Waals surface area (Å²) in [6, 6.07) is 7.63. The summed E-state index contributed by atoms with van der Waals surface area (Å²) < 4.78 is 25.0. The van der Waals surface area contributed by atoms with Crippen LogP contribution in [0.15, 0.2) is 48.6 Å². The van der Waals surface area contributed by atoms with E-state index >= 15 is 0 Å². The summed E-state index contributed by atoms with van der Waals surface area (Å²) in [6.07, 6.45) is 6.35. The number of hydrogen-bond acceptors (Lipinski definition) is 9. The van der Waals surface area contributed by atoms with Crippen molar-refractivity contribution in [3.63, 3.8) is 0 Å². The molecule has 0 aromatic heterocycles. The van der Waals surface area contributed by atoms with Crippen molar-refractivity contribution >= 4 is 0 Å². The largest absolute Gasteiger partial charge is 0.401 e. The van der Waals surface area contributed by atoms with Crippen LogP contribution in [0.4, 0.5) is 4.39 Å². The monoisotopic (exact) mass is 478 g/mol. The van der Waals surface area contributed by atoms with Crippen LogP contribution in [0.5, 0.6) is 0 Å². The minimum Gasteiger partial charge on any atom is -0.401 e. The maximum Gasteiger partial charge on any atom is 0.156 e. The van der Waals surface area contributed by atoms with Gasteiger partial charge in [-0.25, -0.2) is 4.39 Å². The van der Waals surface area contributed by atoms with Crippen molar-refractivity contribution in [2.75, 3.05) is 27.4 Å². The molecule has 5 atom stereocenters. The number of alkyl halides is 1. The Morgan fingerprint density at radius 1 is 1.41 bits per heavy atom. The first-order valence-corrected chi connectivity index (χ1v) is 11.8. The molecule has 6 N–H and O–H groups in total. The summed E-state index contributed by atoms with van der Waals surface area (Å²) in [5.41, 5.74) is 14.7. The van der Waals surface area contributed by atoms with Crippen LogP contribution in [0, 0.1) is 0 Å². The lowest BCUT2D eigenvalue weighted by atomic mass is 10.0. The minimum atomic E-state index is -0.721. The Labute approximate surface area is 201 Å². The number of methoxy groups -OCH3 is 1. The van der Waals surface area contributed by atoms with Crippen molar-refractivity contribution in [1.29, 1.82) is 0 Å². The molecule has 0 bridgehead atoms. The fourth-order valence-corrected chi connectivity index (χ4v) is 4.36. The van der Waals surface area contributed by atoms with E-state index in [1.807, 2.05) is 55.6 Å². The van der Waals surface area contributed by atoms with Gasteiger partial charge >= 0.3 is 0 Å². The number of ether oxygens (including phenoxy) is 2. The van der Waals surface area contributed by atoms with Crippen molar-refractivity contribution in [1.82, 2.24) is 26.2 Å². The van der Waals surface area contributed by atoms with E-state index in [0.29, 0.717) is 25.1 Å². The van der Waals surface area contributed by atoms with Crippen LogP contribution in [0.2, 0.25) is 0 Å². The van der Waals surface area contributed by atoms with Gasteiger partial charge in [-0.1, -0.05) is 24.3 Å². The fourth-order valence-electron chi connectivity index (χ4n) is 4.36. The minimum absolute atomic E-state index is 0.0295. The first-order chi connectivity index (χ1) is 16.4. The van der Waals surface area contributed by atoms with Gasteiger partial charge < -0.3 is 36.0 Å². The number of halogens is 1. The molecule has 2 aliphatic rings. The summed E-state index contributed by atoms with van der Waals surface area (Å²) in [6.45, 7) is 2.81. The van der Waals surface area contributed by atoms with Crippen LogP contribution in [0.25, 0.3) is 0 Å². The molecule has 2 aliphatic heterocycles. The van der Waals surface area contributed by atoms with Gasteiger partial charge in [-0.2, -0.15) is 0 Å². The molecule has 34 heavy (non-hydrogen) atoms. The first kappa shape index (κ1) is 26.2. The van der Waals surface area contributed by atoms with Gasteiger partial charge in [0.2, 0.25) is 0 Å². The Morgan fingerprint density at radius 2 is 2.18 bits per heavy atom. The SMILES string of the molecule is CO[C@H](c1ccc(CN2C=CNN2)cc1)[C@@H](CF)N/C=C(\N)CCN(C)[C@H]1C[C@@H](C)O[C@@H](O)C1. The van der Waals surface area contributed by atoms with Gasteiger partial charge in [0.15, 0.2) is 6.29 Å². The van der Waals surface area contributed by atoms with Gasteiger partial charge in [-0.05, 0) is 31.5 Å². The first-order valence-electron chi connectivity index (χ1n) is 11.8. The maximum atomic E-state index is 13.9. The van der Waals surface area contributed by atoms with Gasteiger partial charge in [0.1, 0.15) is 12.8 Å². The highest BCUT2D eigenvalue weighted by Crippen LogP contribution is 2.23. The smallest absolute Gasteiger partial charge is 0.156 e. The molecule has 1 aromatic carbocycles. The number of aliphatic hydroxyl groups excluding tert-OH is 1. The van der Waals surface area contributed by atoms with E-state index in [2.05, 4.69) is 21.2 Å². The number of aliphatic hydroxyl groups is 1. The molecule has 0 radical (unpaired) electrons. The van der Waals surface area contributed by atoms with E-state index in [9.17, 15) is 9.50 Å². The molecule has 1 saturated heterocycles. The van der Waals surface area contributed by atoms with Crippen molar-refractivity contribution in [3.8, 4) is 0 Å². The number of nitrogens with one attached hydrogen (secondary N) is 3. The van der Waals surface area contributed by atoms with Crippen LogP contribution in [-0.2, 0) is 16.0 Å². The normalized spacial score (nSPS) is 24.8. The zero-order valence-corrected chi connectivity index (χ0v) is 20.3. The van der Waals surface area contributed by atoms with Crippen LogP contribution >= 0.6 is 0 Å². The van der Waals surface area contributed by atoms with Gasteiger partial charge in [-0.3, -0.25) is 5.01 Å². The quantitative estimate of drug-likeness (QED) is 0.306. The Balaban J connectivity index is 1.51. The van der Waals surface area contributed by atoms with Crippen LogP contribution < -0.4 is 22.0 Å². The number of rotatable bonds is 12. The number of hydrazine groups is 2. The summed E-state index contributed by atoms with van der Waals surface area (Å²) in [7, 11) is 3.61. The molecule has 10 heteroatoms. The lowest BCUT2D eigenvalue weighted by Crippen LogP contribution is -2.43. The zero-order chi connectivity index (χ0) is 24.5. The second-order valence-electron chi connectivity index (χ2n) is 9.00. The Kier molecular flexibility index (Phi) is 9.97. The van der Waals surface area contributed by atoms with Crippen molar-refractivity contribution in [2.45, 2.75) is 63.3 Å². The second kappa shape index (κ2) is 12.9. The number of nitrogens with zero attached hydrogens (tertiary/aromatic N) is 2. The average molecular weight is 479 g/mol. The van der Waals surface area contributed by atoms with E-state index in [4.69, 9.17) is 15.2 Å². The Bertz CT molecular complexity index is 798. The summed E-state index contributed by atoms with van der Waals surface area (Å²) in [5.74, 6) is 0. The molecule has 1 fully saturated rings. The van der Waals surface area contributed by atoms with Gasteiger partial charge in [-0.15, -0.1) is 5.53 Å². The van der Waals surface area contributed by atoms with Gasteiger partial charge in [0.05, 0.1) is 18.7 Å². The van der Waals surface area contributed by atoms with E-state index in [-0.39, 0.29) is 12.1 Å². The molecule has 0 amide bonds. The maximum absolute atomic E-state index is 13.9. The zero-order valence-electron chi connectivity index (χ0n) is 20.3. The molecule has 0 aliphatic carbocycles. The molecule has 1 aromatic rings. The third-order valence-electron chi connectivity index (χ3n) is 6.32. The molecule has 9 nitrogen and oxygen atoms in total. The number of hydrogen-bond donors (Lipinski definition) is 5. The predicted octanol–water partition coefficient (Wildman–Crippen LogP) is 1.61. The molecule has 3 rings (SSSR count). The summed E-state index contributed by atoms with van der Waals surface area (Å²) in [5, 5.41) is 14.9. The highest BCUT2D eigenvalue weighted by Gasteiger charge is 2.28. The average Bonchev–Trinajstić information content (AvgIpc) is 3.33. The topological polar surface area (TPSA) is 107 Å². The third-order valence-corrected chi connectivity index (χ3v) is 6.32. The van der Waals surface area contributed by atoms with Crippen molar-refractivity contribution in [3.05, 3.63) is 59.7 Å². The molecule has 190 valence electrons. The molecule has 0 spiro atoms. The summed E-state index contributed by atoms with van der Waals surface area (Å²) in [4.78, 5) is 2.19. The van der Waals surface area contributed by atoms with E-state index in [1.54, 1.807) is 13.3 Å². The van der Waals surface area contributed by atoms with Gasteiger partial charge in [0.25, 0.3) is 0 Å². The number of nitrogens with two attached hydrogens (primary N) is 1. The van der Waals surface area contributed by atoms with Gasteiger partial charge in [0, 0.05) is 56.8 Å². The molecular weight excluding hydrogens is 439 g/mol. The molecule has 0 unspecified atom stereocenters. The third kappa shape index (κ3) is 7.57. The van der Waals surface area contributed by atoms with E-state index in [1.165, 1.54) is 0 Å². The molecular formula is C24H39FN6O3. The Hall–Kier alpha value is -2.37. The fraction of sp³-hybridized carbons (Fsp3) is 0.583. The summed E-state index contributed by atoms with van der Waals surface area (Å²) >= 11 is 0. The predicted molar refractivity (Wildman–Crippen MR) is 129 cm³/mol. The standard InChI is InChI=1S/C24H39FN6O3/c1-17-12-21(13-23(32)34-17)30(2)10-8-20(26)15-27-22(14-25)24(33-3)19-6-4-18(5-7-19)16-31-11-9-28-29-31/h4-7,9,11,15,17,21-24,27-29,32H,8,10,12-14,16,26H2,1-3H3/b20-15-/t17-,21+,22-,23-,24-/m1/s1. The van der Waals surface area contributed by atoms with Crippen LogP contribution in [0.1, 0.15) is 43.4 Å². The molecule has 2 heterocycles. The second-order valence-corrected chi connectivity index (χ2v) is 9.00. The van der Waals surface area contributed by atoms with E-state index < -0.39 is 25.1 Å². The van der Waals surface area contributed by atoms with Crippen molar-refractivity contribution < 1.29 is 19.0 Å². The molecule has 0 saturated carbocycles. The van der Waals surface area contributed by atoms with Crippen molar-refractivity contribution in [2.24, 2.45) is 5.73 Å². The number of benzene rings is 1. The lowest BCUT2D eigenvalue weighted by molar-refractivity contribution is -0.173. The van der Waals surface area contributed by atoms with E-state index in [0.717, 1.165) is 24.1 Å². The highest BCUT2D eigenvalue weighted by molar-refractivity contribution is 5.26. The Morgan fingerprint density at radius 3 is 2.79 bits per heavy atom. The van der Waals surface area contributed by atoms with Crippen LogP contribution in [-0.4, -0.2) is 66.9 Å². The highest BCUT2D eigenvalue weighted by atomic mass is 19.1. The van der Waals surface area contributed by atoms with Crippen LogP contribution in [0.3, 0.4) is 0 Å².